The Morgan fingerprint density at radius 2 is 2.18 bits per heavy atom. The summed E-state index contributed by atoms with van der Waals surface area (Å²) in [6.07, 6.45) is 6.79. The van der Waals surface area contributed by atoms with E-state index in [1.807, 2.05) is 0 Å². The van der Waals surface area contributed by atoms with Crippen molar-refractivity contribution in [1.82, 2.24) is 10.6 Å². The van der Waals surface area contributed by atoms with Gasteiger partial charge in [0.15, 0.2) is 0 Å². The Labute approximate surface area is 105 Å². The Kier molecular flexibility index (Phi) is 4.08. The van der Waals surface area contributed by atoms with Crippen LogP contribution in [-0.4, -0.2) is 25.0 Å². The maximum Gasteiger partial charge on any atom is 0.226 e. The van der Waals surface area contributed by atoms with Gasteiger partial charge in [0.25, 0.3) is 0 Å². The molecule has 1 unspecified atom stereocenters. The molecule has 2 rings (SSSR count). The molecule has 1 saturated carbocycles. The molecule has 2 fully saturated rings. The molecule has 1 atom stereocenters. The fraction of sp³-hybridized carbons (Fsp3) is 0.929. The molecular weight excluding hydrogens is 212 g/mol. The van der Waals surface area contributed by atoms with Crippen molar-refractivity contribution >= 4 is 5.91 Å². The lowest BCUT2D eigenvalue weighted by atomic mass is 9.64. The van der Waals surface area contributed by atoms with Crippen molar-refractivity contribution in [1.29, 1.82) is 0 Å². The maximum absolute atomic E-state index is 12.4. The normalized spacial score (nSPS) is 27.6. The molecule has 3 nitrogen and oxygen atoms in total. The number of nitrogens with one attached hydrogen (secondary N) is 2. The van der Waals surface area contributed by atoms with Crippen molar-refractivity contribution in [2.45, 2.75) is 58.4 Å². The summed E-state index contributed by atoms with van der Waals surface area (Å²) in [5, 5.41) is 6.62. The van der Waals surface area contributed by atoms with Crippen molar-refractivity contribution in [2.24, 2.45) is 11.3 Å². The molecule has 2 N–H and O–H groups in total. The van der Waals surface area contributed by atoms with Crippen LogP contribution < -0.4 is 10.6 Å². The van der Waals surface area contributed by atoms with Crippen molar-refractivity contribution in [3.8, 4) is 0 Å². The Bertz CT molecular complexity index is 265. The van der Waals surface area contributed by atoms with E-state index < -0.39 is 0 Å². The van der Waals surface area contributed by atoms with E-state index >= 15 is 0 Å². The molecule has 17 heavy (non-hydrogen) atoms. The van der Waals surface area contributed by atoms with Gasteiger partial charge in [-0.15, -0.1) is 0 Å². The van der Waals surface area contributed by atoms with Crippen molar-refractivity contribution in [2.75, 3.05) is 13.1 Å². The minimum absolute atomic E-state index is 0.0222. The first-order valence-electron chi connectivity index (χ1n) is 7.14. The number of hydrogen-bond acceptors (Lipinski definition) is 2. The van der Waals surface area contributed by atoms with Crippen LogP contribution in [0.3, 0.4) is 0 Å². The van der Waals surface area contributed by atoms with E-state index in [9.17, 15) is 4.79 Å². The van der Waals surface area contributed by atoms with Gasteiger partial charge in [-0.3, -0.25) is 4.79 Å². The van der Waals surface area contributed by atoms with Crippen LogP contribution in [-0.2, 0) is 4.79 Å². The fourth-order valence-electron chi connectivity index (χ4n) is 3.22. The van der Waals surface area contributed by atoms with Crippen LogP contribution >= 0.6 is 0 Å². The topological polar surface area (TPSA) is 41.1 Å². The summed E-state index contributed by atoms with van der Waals surface area (Å²) < 4.78 is 0. The monoisotopic (exact) mass is 238 g/mol. The molecule has 0 radical (unpaired) electrons. The third-order valence-corrected chi connectivity index (χ3v) is 4.22. The van der Waals surface area contributed by atoms with Gasteiger partial charge in [0, 0.05) is 18.0 Å². The van der Waals surface area contributed by atoms with Crippen molar-refractivity contribution < 1.29 is 4.79 Å². The highest BCUT2D eigenvalue weighted by atomic mass is 16.2. The number of rotatable bonds is 4. The molecule has 0 bridgehead atoms. The fourth-order valence-corrected chi connectivity index (χ4v) is 3.22. The van der Waals surface area contributed by atoms with Gasteiger partial charge in [-0.2, -0.15) is 0 Å². The highest BCUT2D eigenvalue weighted by molar-refractivity contribution is 5.83. The van der Waals surface area contributed by atoms with Gasteiger partial charge >= 0.3 is 0 Å². The van der Waals surface area contributed by atoms with E-state index in [1.54, 1.807) is 0 Å². The smallest absolute Gasteiger partial charge is 0.226 e. The van der Waals surface area contributed by atoms with Gasteiger partial charge in [-0.1, -0.05) is 20.3 Å². The van der Waals surface area contributed by atoms with Gasteiger partial charge in [0.2, 0.25) is 5.91 Å². The number of piperidine rings is 1. The molecule has 1 aliphatic carbocycles. The third-order valence-electron chi connectivity index (χ3n) is 4.22. The first-order valence-corrected chi connectivity index (χ1v) is 7.14. The van der Waals surface area contributed by atoms with Gasteiger partial charge in [-0.05, 0) is 44.6 Å². The Morgan fingerprint density at radius 1 is 1.41 bits per heavy atom. The minimum Gasteiger partial charge on any atom is -0.352 e. The average molecular weight is 238 g/mol. The number of amides is 1. The van der Waals surface area contributed by atoms with E-state index in [2.05, 4.69) is 24.5 Å². The largest absolute Gasteiger partial charge is 0.352 e. The number of carbonyl (C=O) groups excluding carboxylic acids is 1. The highest BCUT2D eigenvalue weighted by Crippen LogP contribution is 2.46. The molecule has 3 heteroatoms. The van der Waals surface area contributed by atoms with Gasteiger partial charge < -0.3 is 10.6 Å². The molecule has 1 amide bonds. The van der Waals surface area contributed by atoms with Gasteiger partial charge in [-0.25, -0.2) is 0 Å². The molecule has 98 valence electrons. The molecule has 0 aromatic heterocycles. The summed E-state index contributed by atoms with van der Waals surface area (Å²) in [6.45, 7) is 6.48. The van der Waals surface area contributed by atoms with Crippen LogP contribution in [0.4, 0.5) is 0 Å². The van der Waals surface area contributed by atoms with E-state index in [0.29, 0.717) is 17.9 Å². The number of carbonyl (C=O) groups is 1. The van der Waals surface area contributed by atoms with Crippen molar-refractivity contribution in [3.63, 3.8) is 0 Å². The summed E-state index contributed by atoms with van der Waals surface area (Å²) >= 11 is 0. The molecule has 1 heterocycles. The lowest BCUT2D eigenvalue weighted by molar-refractivity contribution is -0.138. The van der Waals surface area contributed by atoms with Crippen LogP contribution in [0.25, 0.3) is 0 Å². The van der Waals surface area contributed by atoms with Gasteiger partial charge in [0.05, 0.1) is 0 Å². The zero-order valence-corrected chi connectivity index (χ0v) is 11.2. The Balaban J connectivity index is 1.88. The van der Waals surface area contributed by atoms with Crippen molar-refractivity contribution in [3.05, 3.63) is 0 Å². The van der Waals surface area contributed by atoms with E-state index in [1.165, 1.54) is 12.8 Å². The minimum atomic E-state index is -0.0222. The standard InChI is InChI=1S/C14H26N2O/c1-11(2)9-14(6-4-7-14)13(17)16-12-5-3-8-15-10-12/h11-12,15H,3-10H2,1-2H3,(H,16,17). The molecule has 0 spiro atoms. The molecule has 2 aliphatic rings. The predicted octanol–water partition coefficient (Wildman–Crippen LogP) is 2.07. The third kappa shape index (κ3) is 3.01. The second kappa shape index (κ2) is 5.38. The summed E-state index contributed by atoms with van der Waals surface area (Å²) in [4.78, 5) is 12.4. The molecule has 1 aliphatic heterocycles. The zero-order valence-electron chi connectivity index (χ0n) is 11.2. The first kappa shape index (κ1) is 12.9. The molecule has 0 aromatic rings. The summed E-state index contributed by atoms with van der Waals surface area (Å²) in [5.74, 6) is 0.941. The molecule has 0 aromatic carbocycles. The summed E-state index contributed by atoms with van der Waals surface area (Å²) in [5.41, 5.74) is -0.0222. The van der Waals surface area contributed by atoms with Crippen LogP contribution in [0.15, 0.2) is 0 Å². The van der Waals surface area contributed by atoms with Gasteiger partial charge in [0.1, 0.15) is 0 Å². The zero-order chi connectivity index (χ0) is 12.3. The molecule has 1 saturated heterocycles. The average Bonchev–Trinajstić information content (AvgIpc) is 2.24. The second-order valence-corrected chi connectivity index (χ2v) is 6.25. The lowest BCUT2D eigenvalue weighted by Gasteiger charge is -2.42. The molecular formula is C14H26N2O. The first-order chi connectivity index (χ1) is 8.12. The van der Waals surface area contributed by atoms with E-state index in [4.69, 9.17) is 0 Å². The predicted molar refractivity (Wildman–Crippen MR) is 69.8 cm³/mol. The Morgan fingerprint density at radius 3 is 2.65 bits per heavy atom. The SMILES string of the molecule is CC(C)CC1(C(=O)NC2CCCNC2)CCC1. The Hall–Kier alpha value is -0.570. The summed E-state index contributed by atoms with van der Waals surface area (Å²) in [6, 6.07) is 0.362. The second-order valence-electron chi connectivity index (χ2n) is 6.25. The van der Waals surface area contributed by atoms with Crippen LogP contribution in [0.1, 0.15) is 52.4 Å². The quantitative estimate of drug-likeness (QED) is 0.787. The van der Waals surface area contributed by atoms with Crippen LogP contribution in [0.2, 0.25) is 0 Å². The summed E-state index contributed by atoms with van der Waals surface area (Å²) in [7, 11) is 0. The van der Waals surface area contributed by atoms with Crippen LogP contribution in [0.5, 0.6) is 0 Å². The lowest BCUT2D eigenvalue weighted by Crippen LogP contribution is -2.53. The highest BCUT2D eigenvalue weighted by Gasteiger charge is 2.44. The maximum atomic E-state index is 12.4. The van der Waals surface area contributed by atoms with E-state index in [0.717, 1.165) is 38.8 Å². The van der Waals surface area contributed by atoms with E-state index in [-0.39, 0.29) is 5.41 Å². The van der Waals surface area contributed by atoms with Crippen LogP contribution in [0, 0.1) is 11.3 Å². The number of hydrogen-bond donors (Lipinski definition) is 2.